The fourth-order valence-corrected chi connectivity index (χ4v) is 4.52. The van der Waals surface area contributed by atoms with Gasteiger partial charge in [-0.1, -0.05) is 6.07 Å². The van der Waals surface area contributed by atoms with Crippen molar-refractivity contribution >= 4 is 21.6 Å². The lowest BCUT2D eigenvalue weighted by atomic mass is 10.00. The van der Waals surface area contributed by atoms with Crippen LogP contribution in [0.3, 0.4) is 0 Å². The van der Waals surface area contributed by atoms with Crippen molar-refractivity contribution in [3.8, 4) is 0 Å². The first-order chi connectivity index (χ1) is 10.8. The number of benzene rings is 1. The van der Waals surface area contributed by atoms with Crippen molar-refractivity contribution in [2.75, 3.05) is 32.0 Å². The van der Waals surface area contributed by atoms with Crippen LogP contribution in [0.5, 0.6) is 0 Å². The molecule has 1 heterocycles. The van der Waals surface area contributed by atoms with E-state index in [4.69, 9.17) is 0 Å². The third kappa shape index (κ3) is 4.31. The summed E-state index contributed by atoms with van der Waals surface area (Å²) >= 11 is 0. The number of hydrogen-bond acceptors (Lipinski definition) is 4. The number of anilines is 1. The Bertz CT molecular complexity index is 671. The van der Waals surface area contributed by atoms with Crippen LogP contribution in [0.1, 0.15) is 25.3 Å². The number of piperidine rings is 1. The predicted molar refractivity (Wildman–Crippen MR) is 90.9 cm³/mol. The average molecular weight is 339 g/mol. The van der Waals surface area contributed by atoms with E-state index in [1.807, 2.05) is 14.0 Å². The Labute approximate surface area is 138 Å². The molecule has 0 aliphatic carbocycles. The summed E-state index contributed by atoms with van der Waals surface area (Å²) in [6, 6.07) is 4.89. The normalized spacial score (nSPS) is 19.5. The van der Waals surface area contributed by atoms with Crippen LogP contribution in [-0.4, -0.2) is 45.3 Å². The summed E-state index contributed by atoms with van der Waals surface area (Å²) in [5.41, 5.74) is 1.38. The Hall–Kier alpha value is -1.44. The third-order valence-electron chi connectivity index (χ3n) is 4.13. The summed E-state index contributed by atoms with van der Waals surface area (Å²) < 4.78 is 27.3. The fourth-order valence-electron chi connectivity index (χ4n) is 2.94. The molecule has 0 bridgehead atoms. The van der Waals surface area contributed by atoms with Crippen LogP contribution in [0, 0.1) is 12.8 Å². The Balaban J connectivity index is 2.26. The second kappa shape index (κ2) is 7.42. The summed E-state index contributed by atoms with van der Waals surface area (Å²) in [4.78, 5) is 11.5. The summed E-state index contributed by atoms with van der Waals surface area (Å²) in [5.74, 6) is 0.124. The van der Waals surface area contributed by atoms with E-state index >= 15 is 0 Å². The number of nitrogens with zero attached hydrogens (tertiary/aromatic N) is 1. The van der Waals surface area contributed by atoms with Gasteiger partial charge in [0.15, 0.2) is 0 Å². The van der Waals surface area contributed by atoms with Crippen LogP contribution in [0.4, 0.5) is 5.69 Å². The molecule has 1 atom stereocenters. The monoisotopic (exact) mass is 339 g/mol. The highest BCUT2D eigenvalue weighted by molar-refractivity contribution is 7.89. The molecule has 23 heavy (non-hydrogen) atoms. The molecule has 0 aromatic heterocycles. The lowest BCUT2D eigenvalue weighted by Gasteiger charge is -2.32. The fraction of sp³-hybridized carbons (Fsp3) is 0.562. The van der Waals surface area contributed by atoms with Crippen LogP contribution in [0.25, 0.3) is 0 Å². The van der Waals surface area contributed by atoms with Gasteiger partial charge in [0.25, 0.3) is 0 Å². The Kier molecular flexibility index (Phi) is 5.78. The second-order valence-electron chi connectivity index (χ2n) is 6.09. The molecule has 0 saturated carbocycles. The molecule has 1 unspecified atom stereocenters. The van der Waals surface area contributed by atoms with E-state index in [1.54, 1.807) is 22.5 Å². The van der Waals surface area contributed by atoms with Gasteiger partial charge in [0, 0.05) is 25.7 Å². The van der Waals surface area contributed by atoms with E-state index in [1.165, 1.54) is 6.92 Å². The first-order valence-electron chi connectivity index (χ1n) is 7.87. The number of rotatable bonds is 5. The highest BCUT2D eigenvalue weighted by Crippen LogP contribution is 2.26. The van der Waals surface area contributed by atoms with Crippen LogP contribution < -0.4 is 10.6 Å². The van der Waals surface area contributed by atoms with E-state index in [-0.39, 0.29) is 10.8 Å². The van der Waals surface area contributed by atoms with E-state index < -0.39 is 10.0 Å². The largest absolute Gasteiger partial charge is 0.326 e. The number of amides is 1. The van der Waals surface area contributed by atoms with E-state index in [9.17, 15) is 13.2 Å². The maximum absolute atomic E-state index is 12.9. The van der Waals surface area contributed by atoms with Crippen molar-refractivity contribution < 1.29 is 13.2 Å². The molecule has 1 saturated heterocycles. The maximum atomic E-state index is 12.9. The standard InChI is InChI=1S/C16H25N3O3S/c1-12-6-7-15(9-16(12)18-13(2)20)23(21,22)19-8-4-5-14(11-19)10-17-3/h6-7,9,14,17H,4-5,8,10-11H2,1-3H3,(H,18,20). The van der Waals surface area contributed by atoms with Gasteiger partial charge in [-0.2, -0.15) is 4.31 Å². The Morgan fingerprint density at radius 3 is 2.78 bits per heavy atom. The van der Waals surface area contributed by atoms with Crippen molar-refractivity contribution in [2.24, 2.45) is 5.92 Å². The van der Waals surface area contributed by atoms with Gasteiger partial charge in [-0.05, 0) is 57.0 Å². The first kappa shape index (κ1) is 17.9. The van der Waals surface area contributed by atoms with Crippen molar-refractivity contribution in [3.63, 3.8) is 0 Å². The van der Waals surface area contributed by atoms with E-state index in [0.717, 1.165) is 24.9 Å². The highest BCUT2D eigenvalue weighted by Gasteiger charge is 2.30. The molecule has 1 aliphatic rings. The Morgan fingerprint density at radius 1 is 1.39 bits per heavy atom. The van der Waals surface area contributed by atoms with Crippen molar-refractivity contribution in [3.05, 3.63) is 23.8 Å². The minimum atomic E-state index is -3.53. The molecule has 1 fully saturated rings. The number of nitrogens with one attached hydrogen (secondary N) is 2. The smallest absolute Gasteiger partial charge is 0.243 e. The maximum Gasteiger partial charge on any atom is 0.243 e. The molecule has 6 nitrogen and oxygen atoms in total. The molecular formula is C16H25N3O3S. The number of carbonyl (C=O) groups excluding carboxylic acids is 1. The van der Waals surface area contributed by atoms with Gasteiger partial charge < -0.3 is 10.6 Å². The zero-order valence-electron chi connectivity index (χ0n) is 13.9. The molecule has 1 amide bonds. The number of sulfonamides is 1. The van der Waals surface area contributed by atoms with Gasteiger partial charge in [-0.3, -0.25) is 4.79 Å². The van der Waals surface area contributed by atoms with Crippen molar-refractivity contribution in [2.45, 2.75) is 31.6 Å². The summed E-state index contributed by atoms with van der Waals surface area (Å²) in [6.07, 6.45) is 1.91. The van der Waals surface area contributed by atoms with E-state index in [0.29, 0.717) is 24.7 Å². The third-order valence-corrected chi connectivity index (χ3v) is 5.99. The Morgan fingerprint density at radius 2 is 2.13 bits per heavy atom. The lowest BCUT2D eigenvalue weighted by Crippen LogP contribution is -2.42. The van der Waals surface area contributed by atoms with Crippen molar-refractivity contribution in [1.29, 1.82) is 0 Å². The number of carbonyl (C=O) groups is 1. The zero-order chi connectivity index (χ0) is 17.0. The van der Waals surface area contributed by atoms with Gasteiger partial charge in [0.2, 0.25) is 15.9 Å². The first-order valence-corrected chi connectivity index (χ1v) is 9.31. The molecule has 1 aromatic rings. The zero-order valence-corrected chi connectivity index (χ0v) is 14.7. The molecule has 0 spiro atoms. The molecule has 2 N–H and O–H groups in total. The molecule has 1 aromatic carbocycles. The summed E-state index contributed by atoms with van der Waals surface area (Å²) in [6.45, 7) is 5.15. The summed E-state index contributed by atoms with van der Waals surface area (Å²) in [5, 5.41) is 5.80. The predicted octanol–water partition coefficient (Wildman–Crippen LogP) is 1.57. The van der Waals surface area contributed by atoms with Crippen molar-refractivity contribution in [1.82, 2.24) is 9.62 Å². The van der Waals surface area contributed by atoms with Crippen LogP contribution in [0.15, 0.2) is 23.1 Å². The van der Waals surface area contributed by atoms with Crippen LogP contribution in [0.2, 0.25) is 0 Å². The van der Waals surface area contributed by atoms with Gasteiger partial charge in [0.1, 0.15) is 0 Å². The average Bonchev–Trinajstić information content (AvgIpc) is 2.49. The minimum Gasteiger partial charge on any atom is -0.326 e. The number of hydrogen-bond donors (Lipinski definition) is 2. The van der Waals surface area contributed by atoms with Crippen LogP contribution in [-0.2, 0) is 14.8 Å². The van der Waals surface area contributed by atoms with Gasteiger partial charge >= 0.3 is 0 Å². The lowest BCUT2D eigenvalue weighted by molar-refractivity contribution is -0.114. The minimum absolute atomic E-state index is 0.213. The molecule has 128 valence electrons. The van der Waals surface area contributed by atoms with E-state index in [2.05, 4.69) is 10.6 Å². The van der Waals surface area contributed by atoms with Gasteiger partial charge in [-0.25, -0.2) is 8.42 Å². The van der Waals surface area contributed by atoms with Gasteiger partial charge in [-0.15, -0.1) is 0 Å². The number of aryl methyl sites for hydroxylation is 1. The molecule has 2 rings (SSSR count). The summed E-state index contributed by atoms with van der Waals surface area (Å²) in [7, 11) is -1.65. The SMILES string of the molecule is CNCC1CCCN(S(=O)(=O)c2ccc(C)c(NC(C)=O)c2)C1. The topological polar surface area (TPSA) is 78.5 Å². The molecule has 0 radical (unpaired) electrons. The van der Waals surface area contributed by atoms with Gasteiger partial charge in [0.05, 0.1) is 4.90 Å². The molecule has 1 aliphatic heterocycles. The highest BCUT2D eigenvalue weighted by atomic mass is 32.2. The quantitative estimate of drug-likeness (QED) is 0.854. The molecular weight excluding hydrogens is 314 g/mol. The molecule has 7 heteroatoms. The second-order valence-corrected chi connectivity index (χ2v) is 8.02. The van der Waals surface area contributed by atoms with Crippen LogP contribution >= 0.6 is 0 Å².